The third kappa shape index (κ3) is 2.47. The minimum Gasteiger partial charge on any atom is -0.311 e. The van der Waals surface area contributed by atoms with E-state index < -0.39 is 10.8 Å². The Morgan fingerprint density at radius 1 is 1.61 bits per heavy atom. The number of nitro groups is 1. The van der Waals surface area contributed by atoms with Crippen LogP contribution in [0, 0.1) is 21.4 Å². The summed E-state index contributed by atoms with van der Waals surface area (Å²) in [4.78, 5) is 24.0. The van der Waals surface area contributed by atoms with E-state index in [1.165, 1.54) is 16.0 Å². The second-order valence-corrected chi connectivity index (χ2v) is 6.18. The van der Waals surface area contributed by atoms with Gasteiger partial charge in [0.05, 0.1) is 10.5 Å². The van der Waals surface area contributed by atoms with Crippen molar-refractivity contribution in [3.63, 3.8) is 0 Å². The Balaban J connectivity index is 1.96. The van der Waals surface area contributed by atoms with Crippen molar-refractivity contribution in [3.05, 3.63) is 38.0 Å². The summed E-state index contributed by atoms with van der Waals surface area (Å²) in [5.41, 5.74) is 1.02. The normalized spacial score (nSPS) is 12.7. The van der Waals surface area contributed by atoms with Crippen molar-refractivity contribution in [1.82, 2.24) is 9.78 Å². The number of anilines is 1. The second-order valence-electron chi connectivity index (χ2n) is 5.08. The first-order chi connectivity index (χ1) is 11.1. The Bertz CT molecular complexity index is 845. The van der Waals surface area contributed by atoms with Crippen LogP contribution in [-0.4, -0.2) is 20.6 Å². The van der Waals surface area contributed by atoms with E-state index in [4.69, 9.17) is 0 Å². The van der Waals surface area contributed by atoms with E-state index in [1.807, 2.05) is 0 Å². The minimum atomic E-state index is -0.631. The van der Waals surface area contributed by atoms with Crippen molar-refractivity contribution < 1.29 is 9.72 Å². The van der Waals surface area contributed by atoms with Crippen LogP contribution in [0.3, 0.4) is 0 Å². The molecule has 0 unspecified atom stereocenters. The number of nitrogens with zero attached hydrogens (tertiary/aromatic N) is 4. The summed E-state index contributed by atoms with van der Waals surface area (Å²) in [6.45, 7) is 2.08. The van der Waals surface area contributed by atoms with Gasteiger partial charge in [-0.1, -0.05) is 0 Å². The molecule has 9 heteroatoms. The van der Waals surface area contributed by atoms with Gasteiger partial charge in [0.1, 0.15) is 17.3 Å². The molecule has 2 aromatic rings. The molecule has 2 heterocycles. The predicted molar refractivity (Wildman–Crippen MR) is 83.6 cm³/mol. The number of rotatable bonds is 4. The number of aromatic nitrogens is 2. The third-order valence-electron chi connectivity index (χ3n) is 3.79. The average Bonchev–Trinajstić information content (AvgIpc) is 3.19. The van der Waals surface area contributed by atoms with Gasteiger partial charge in [-0.3, -0.25) is 19.6 Å². The highest BCUT2D eigenvalue weighted by Crippen LogP contribution is 2.38. The van der Waals surface area contributed by atoms with Crippen LogP contribution in [0.2, 0.25) is 0 Å². The lowest BCUT2D eigenvalue weighted by Crippen LogP contribution is -2.18. The van der Waals surface area contributed by atoms with Gasteiger partial charge in [0.25, 0.3) is 5.91 Å². The molecule has 0 spiro atoms. The van der Waals surface area contributed by atoms with E-state index in [0.717, 1.165) is 35.9 Å². The molecule has 0 radical (unpaired) electrons. The first-order valence-electron chi connectivity index (χ1n) is 7.13. The highest BCUT2D eigenvalue weighted by Gasteiger charge is 2.29. The monoisotopic (exact) mass is 331 g/mol. The van der Waals surface area contributed by atoms with Crippen molar-refractivity contribution in [2.45, 2.75) is 32.7 Å². The zero-order valence-electron chi connectivity index (χ0n) is 12.3. The van der Waals surface area contributed by atoms with E-state index >= 15 is 0 Å². The average molecular weight is 331 g/mol. The number of aryl methyl sites for hydroxylation is 2. The summed E-state index contributed by atoms with van der Waals surface area (Å²) < 4.78 is 1.28. The Morgan fingerprint density at radius 3 is 3.04 bits per heavy atom. The number of hydrogen-bond acceptors (Lipinski definition) is 6. The molecule has 2 aromatic heterocycles. The van der Waals surface area contributed by atoms with E-state index in [0.29, 0.717) is 17.1 Å². The van der Waals surface area contributed by atoms with Crippen LogP contribution in [0.15, 0.2) is 6.20 Å². The first kappa shape index (κ1) is 15.2. The largest absolute Gasteiger partial charge is 0.320 e. The molecule has 0 fully saturated rings. The van der Waals surface area contributed by atoms with Crippen molar-refractivity contribution in [2.24, 2.45) is 0 Å². The maximum Gasteiger partial charge on any atom is 0.320 e. The summed E-state index contributed by atoms with van der Waals surface area (Å²) in [7, 11) is 0. The summed E-state index contributed by atoms with van der Waals surface area (Å²) in [6, 6.07) is 2.13. The van der Waals surface area contributed by atoms with Crippen molar-refractivity contribution in [3.8, 4) is 6.07 Å². The fourth-order valence-corrected chi connectivity index (χ4v) is 3.99. The number of nitriles is 1. The standard InChI is InChI=1S/C14H13N5O3S/c1-2-18-12(10(7-16-18)19(21)22)13(20)17-14-9(6-15)8-4-3-5-11(8)23-14/h7H,2-5H2,1H3,(H,17,20). The van der Waals surface area contributed by atoms with E-state index in [2.05, 4.69) is 16.5 Å². The van der Waals surface area contributed by atoms with Crippen LogP contribution in [0.1, 0.15) is 39.8 Å². The number of nitrogens with one attached hydrogen (secondary N) is 1. The van der Waals surface area contributed by atoms with Crippen LogP contribution in [0.4, 0.5) is 10.7 Å². The molecule has 0 aliphatic heterocycles. The number of fused-ring (bicyclic) bond motifs is 1. The van der Waals surface area contributed by atoms with Gasteiger partial charge in [0.2, 0.25) is 5.69 Å². The van der Waals surface area contributed by atoms with E-state index in [9.17, 15) is 20.2 Å². The van der Waals surface area contributed by atoms with Gasteiger partial charge in [-0.15, -0.1) is 11.3 Å². The maximum atomic E-state index is 12.5. The van der Waals surface area contributed by atoms with Crippen LogP contribution in [-0.2, 0) is 19.4 Å². The predicted octanol–water partition coefficient (Wildman–Crippen LogP) is 2.49. The lowest BCUT2D eigenvalue weighted by molar-refractivity contribution is -0.385. The number of carbonyl (C=O) groups excluding carboxylic acids is 1. The Morgan fingerprint density at radius 2 is 2.39 bits per heavy atom. The van der Waals surface area contributed by atoms with Crippen molar-refractivity contribution in [1.29, 1.82) is 5.26 Å². The molecule has 0 atom stereocenters. The van der Waals surface area contributed by atoms with E-state index in [1.54, 1.807) is 6.92 Å². The maximum absolute atomic E-state index is 12.5. The summed E-state index contributed by atoms with van der Waals surface area (Å²) in [5.74, 6) is -0.618. The van der Waals surface area contributed by atoms with Crippen molar-refractivity contribution in [2.75, 3.05) is 5.32 Å². The summed E-state index contributed by atoms with van der Waals surface area (Å²) >= 11 is 1.37. The van der Waals surface area contributed by atoms with Gasteiger partial charge in [-0.25, -0.2) is 0 Å². The fourth-order valence-electron chi connectivity index (χ4n) is 2.76. The second kappa shape index (κ2) is 5.81. The van der Waals surface area contributed by atoms with Crippen LogP contribution in [0.5, 0.6) is 0 Å². The number of carbonyl (C=O) groups is 1. The molecule has 0 bridgehead atoms. The first-order valence-corrected chi connectivity index (χ1v) is 7.94. The summed E-state index contributed by atoms with van der Waals surface area (Å²) in [6.07, 6.45) is 3.81. The molecule has 1 aliphatic rings. The fraction of sp³-hybridized carbons (Fsp3) is 0.357. The van der Waals surface area contributed by atoms with Crippen molar-refractivity contribution >= 4 is 27.9 Å². The lowest BCUT2D eigenvalue weighted by Gasteiger charge is -2.05. The van der Waals surface area contributed by atoms with Gasteiger partial charge in [-0.2, -0.15) is 10.4 Å². The third-order valence-corrected chi connectivity index (χ3v) is 5.00. The Hall–Kier alpha value is -2.73. The Kier molecular flexibility index (Phi) is 3.83. The molecule has 1 N–H and O–H groups in total. The molecule has 23 heavy (non-hydrogen) atoms. The summed E-state index contributed by atoms with van der Waals surface area (Å²) in [5, 5.41) is 27.4. The molecule has 3 rings (SSSR count). The van der Waals surface area contributed by atoms with Gasteiger partial charge in [-0.05, 0) is 31.7 Å². The highest BCUT2D eigenvalue weighted by atomic mass is 32.1. The van der Waals surface area contributed by atoms with Gasteiger partial charge in [0.15, 0.2) is 0 Å². The molecule has 0 saturated heterocycles. The molecule has 1 amide bonds. The zero-order chi connectivity index (χ0) is 16.6. The Labute approximate surface area is 135 Å². The van der Waals surface area contributed by atoms with Gasteiger partial charge < -0.3 is 5.32 Å². The number of amides is 1. The van der Waals surface area contributed by atoms with Gasteiger partial charge in [0, 0.05) is 11.4 Å². The number of thiophene rings is 1. The van der Waals surface area contributed by atoms with Crippen LogP contribution < -0.4 is 5.32 Å². The molecule has 0 saturated carbocycles. The molecular formula is C14H13N5O3S. The van der Waals surface area contributed by atoms with E-state index in [-0.39, 0.29) is 11.4 Å². The molecule has 0 aromatic carbocycles. The zero-order valence-corrected chi connectivity index (χ0v) is 13.1. The smallest absolute Gasteiger partial charge is 0.311 e. The quantitative estimate of drug-likeness (QED) is 0.683. The number of hydrogen-bond donors (Lipinski definition) is 1. The lowest BCUT2D eigenvalue weighted by atomic mass is 10.1. The molecule has 1 aliphatic carbocycles. The van der Waals surface area contributed by atoms with Crippen LogP contribution in [0.25, 0.3) is 0 Å². The van der Waals surface area contributed by atoms with Gasteiger partial charge >= 0.3 is 5.69 Å². The highest BCUT2D eigenvalue weighted by molar-refractivity contribution is 7.16. The molecule has 8 nitrogen and oxygen atoms in total. The molecule has 118 valence electrons. The molecular weight excluding hydrogens is 318 g/mol. The minimum absolute atomic E-state index is 0.102. The topological polar surface area (TPSA) is 114 Å². The SMILES string of the molecule is CCn1ncc([N+](=O)[O-])c1C(=O)Nc1sc2c(c1C#N)CCC2. The van der Waals surface area contributed by atoms with Crippen LogP contribution >= 0.6 is 11.3 Å².